The molecule has 10 heteroatoms. The van der Waals surface area contributed by atoms with Gasteiger partial charge in [-0.25, -0.2) is 8.42 Å². The number of nitrogens with one attached hydrogen (secondary N) is 1. The fraction of sp³-hybridized carbons (Fsp3) is 0.333. The molecule has 3 aromatic rings. The Bertz CT molecular complexity index is 1260. The van der Waals surface area contributed by atoms with E-state index in [0.29, 0.717) is 23.7 Å². The summed E-state index contributed by atoms with van der Waals surface area (Å²) in [6.07, 6.45) is 1.04. The lowest BCUT2D eigenvalue weighted by atomic mass is 10.2. The van der Waals surface area contributed by atoms with E-state index in [0.717, 1.165) is 32.1 Å². The quantitative estimate of drug-likeness (QED) is 0.552. The maximum Gasteiger partial charge on any atom is 0.308 e. The molecule has 0 fully saturated rings. The molecule has 0 saturated carbocycles. The second kappa shape index (κ2) is 9.11. The number of carbonyl (C=O) groups is 1. The molecule has 0 aliphatic heterocycles. The summed E-state index contributed by atoms with van der Waals surface area (Å²) in [4.78, 5) is 24.9. The zero-order valence-electron chi connectivity index (χ0n) is 17.8. The molecule has 1 aromatic heterocycles. The number of anilines is 2. The highest BCUT2D eigenvalue weighted by Gasteiger charge is 2.24. The highest BCUT2D eigenvalue weighted by atomic mass is 32.2. The Kier molecular flexibility index (Phi) is 6.71. The lowest BCUT2D eigenvalue weighted by Crippen LogP contribution is -2.37. The first-order valence-electron chi connectivity index (χ1n) is 9.76. The SMILES string of the molecule is CCOc1ccccc1N(CC(=O)Nc1ccc2c(c1)sc(=O)n2C(C)C)S(C)(=O)=O. The Morgan fingerprint density at radius 1 is 1.23 bits per heavy atom. The average Bonchev–Trinajstić information content (AvgIpc) is 3.01. The summed E-state index contributed by atoms with van der Waals surface area (Å²) in [5, 5.41) is 2.73. The van der Waals surface area contributed by atoms with Gasteiger partial charge in [0.1, 0.15) is 12.3 Å². The van der Waals surface area contributed by atoms with Crippen LogP contribution in [0.3, 0.4) is 0 Å². The lowest BCUT2D eigenvalue weighted by molar-refractivity contribution is -0.114. The third kappa shape index (κ3) is 5.08. The van der Waals surface area contributed by atoms with Crippen molar-refractivity contribution in [3.63, 3.8) is 0 Å². The molecule has 2 aromatic carbocycles. The standard InChI is InChI=1S/C21H25N3O5S2/c1-5-29-18-9-7-6-8-16(18)23(31(4,27)28)13-20(25)22-15-10-11-17-19(12-15)30-21(26)24(17)14(2)3/h6-12,14H,5,13H2,1-4H3,(H,22,25). The highest BCUT2D eigenvalue weighted by molar-refractivity contribution is 7.92. The van der Waals surface area contributed by atoms with Crippen LogP contribution in [0.25, 0.3) is 10.2 Å². The van der Waals surface area contributed by atoms with Gasteiger partial charge >= 0.3 is 4.87 Å². The van der Waals surface area contributed by atoms with E-state index in [2.05, 4.69) is 5.32 Å². The van der Waals surface area contributed by atoms with Crippen LogP contribution in [0.4, 0.5) is 11.4 Å². The van der Waals surface area contributed by atoms with E-state index in [9.17, 15) is 18.0 Å². The van der Waals surface area contributed by atoms with Crippen molar-refractivity contribution in [2.24, 2.45) is 0 Å². The van der Waals surface area contributed by atoms with Crippen molar-refractivity contribution in [2.75, 3.05) is 29.0 Å². The van der Waals surface area contributed by atoms with Gasteiger partial charge in [-0.05, 0) is 51.1 Å². The first-order valence-corrected chi connectivity index (χ1v) is 12.4. The van der Waals surface area contributed by atoms with Crippen molar-refractivity contribution in [3.8, 4) is 5.75 Å². The van der Waals surface area contributed by atoms with Gasteiger partial charge in [-0.15, -0.1) is 0 Å². The second-order valence-electron chi connectivity index (χ2n) is 7.23. The summed E-state index contributed by atoms with van der Waals surface area (Å²) in [6, 6.07) is 11.9. The van der Waals surface area contributed by atoms with Crippen LogP contribution in [0.2, 0.25) is 0 Å². The van der Waals surface area contributed by atoms with Crippen LogP contribution in [0, 0.1) is 0 Å². The molecule has 1 N–H and O–H groups in total. The number of benzene rings is 2. The van der Waals surface area contributed by atoms with Crippen LogP contribution in [0.1, 0.15) is 26.8 Å². The number of para-hydroxylation sites is 2. The Labute approximate surface area is 185 Å². The predicted octanol–water partition coefficient (Wildman–Crippen LogP) is 3.45. The van der Waals surface area contributed by atoms with E-state index < -0.39 is 22.5 Å². The molecule has 0 unspecified atom stereocenters. The minimum Gasteiger partial charge on any atom is -0.492 e. The molecule has 0 saturated heterocycles. The Morgan fingerprint density at radius 2 is 1.94 bits per heavy atom. The molecule has 1 amide bonds. The summed E-state index contributed by atoms with van der Waals surface area (Å²) < 4.78 is 33.8. The van der Waals surface area contributed by atoms with Crippen molar-refractivity contribution < 1.29 is 17.9 Å². The van der Waals surface area contributed by atoms with Gasteiger partial charge < -0.3 is 10.1 Å². The zero-order valence-corrected chi connectivity index (χ0v) is 19.4. The molecule has 0 radical (unpaired) electrons. The van der Waals surface area contributed by atoms with Crippen LogP contribution in [0.5, 0.6) is 5.75 Å². The Hall–Kier alpha value is -2.85. The predicted molar refractivity (Wildman–Crippen MR) is 125 cm³/mol. The maximum atomic E-state index is 12.7. The van der Waals surface area contributed by atoms with E-state index in [1.165, 1.54) is 0 Å². The summed E-state index contributed by atoms with van der Waals surface area (Å²) >= 11 is 1.10. The van der Waals surface area contributed by atoms with E-state index in [-0.39, 0.29) is 10.9 Å². The van der Waals surface area contributed by atoms with Crippen molar-refractivity contribution in [3.05, 3.63) is 52.1 Å². The van der Waals surface area contributed by atoms with Crippen molar-refractivity contribution in [2.45, 2.75) is 26.8 Å². The largest absolute Gasteiger partial charge is 0.492 e. The number of amides is 1. The fourth-order valence-corrected chi connectivity index (χ4v) is 5.17. The maximum absolute atomic E-state index is 12.7. The van der Waals surface area contributed by atoms with Crippen LogP contribution in [-0.4, -0.2) is 38.3 Å². The number of ether oxygens (including phenoxy) is 1. The number of thiazole rings is 1. The molecule has 0 aliphatic carbocycles. The molecular formula is C21H25N3O5S2. The van der Waals surface area contributed by atoms with Gasteiger partial charge in [-0.3, -0.25) is 18.5 Å². The second-order valence-corrected chi connectivity index (χ2v) is 10.1. The molecule has 1 heterocycles. The van der Waals surface area contributed by atoms with Gasteiger partial charge in [0.15, 0.2) is 0 Å². The normalized spacial score (nSPS) is 11.6. The average molecular weight is 464 g/mol. The van der Waals surface area contributed by atoms with Gasteiger partial charge in [0.25, 0.3) is 0 Å². The number of aromatic nitrogens is 1. The number of hydrogen-bond acceptors (Lipinski definition) is 6. The van der Waals surface area contributed by atoms with Crippen LogP contribution in [-0.2, 0) is 14.8 Å². The van der Waals surface area contributed by atoms with Crippen molar-refractivity contribution in [1.82, 2.24) is 4.57 Å². The number of hydrogen-bond donors (Lipinski definition) is 1. The van der Waals surface area contributed by atoms with Crippen molar-refractivity contribution >= 4 is 48.9 Å². The first kappa shape index (κ1) is 22.8. The van der Waals surface area contributed by atoms with E-state index in [4.69, 9.17) is 4.74 Å². The van der Waals surface area contributed by atoms with Crippen LogP contribution >= 0.6 is 11.3 Å². The molecule has 3 rings (SSSR count). The Balaban J connectivity index is 1.86. The fourth-order valence-electron chi connectivity index (χ4n) is 3.26. The zero-order chi connectivity index (χ0) is 22.8. The molecule has 31 heavy (non-hydrogen) atoms. The van der Waals surface area contributed by atoms with E-state index in [1.807, 2.05) is 13.8 Å². The van der Waals surface area contributed by atoms with Gasteiger partial charge in [0.2, 0.25) is 15.9 Å². The third-order valence-corrected chi connectivity index (χ3v) is 6.58. The smallest absolute Gasteiger partial charge is 0.308 e. The molecular weight excluding hydrogens is 438 g/mol. The Morgan fingerprint density at radius 3 is 2.58 bits per heavy atom. The number of carbonyl (C=O) groups excluding carboxylic acids is 1. The van der Waals surface area contributed by atoms with Crippen LogP contribution in [0.15, 0.2) is 47.3 Å². The van der Waals surface area contributed by atoms with Crippen LogP contribution < -0.4 is 19.2 Å². The first-order chi connectivity index (χ1) is 14.6. The van der Waals surface area contributed by atoms with Crippen molar-refractivity contribution in [1.29, 1.82) is 0 Å². The highest BCUT2D eigenvalue weighted by Crippen LogP contribution is 2.30. The topological polar surface area (TPSA) is 97.7 Å². The van der Waals surface area contributed by atoms with E-state index in [1.54, 1.807) is 54.0 Å². The molecule has 166 valence electrons. The lowest BCUT2D eigenvalue weighted by Gasteiger charge is -2.24. The minimum absolute atomic E-state index is 0.0235. The molecule has 8 nitrogen and oxygen atoms in total. The van der Waals surface area contributed by atoms with E-state index >= 15 is 0 Å². The van der Waals surface area contributed by atoms with Gasteiger partial charge in [-0.2, -0.15) is 0 Å². The number of fused-ring (bicyclic) bond motifs is 1. The summed E-state index contributed by atoms with van der Waals surface area (Å²) in [7, 11) is -3.74. The summed E-state index contributed by atoms with van der Waals surface area (Å²) in [6.45, 7) is 5.61. The summed E-state index contributed by atoms with van der Waals surface area (Å²) in [5.74, 6) is -0.129. The monoisotopic (exact) mass is 463 g/mol. The third-order valence-electron chi connectivity index (χ3n) is 4.53. The molecule has 0 atom stereocenters. The number of sulfonamides is 1. The minimum atomic E-state index is -3.74. The molecule has 0 spiro atoms. The van der Waals surface area contributed by atoms with Gasteiger partial charge in [-0.1, -0.05) is 23.5 Å². The molecule has 0 aliphatic rings. The molecule has 0 bridgehead atoms. The summed E-state index contributed by atoms with van der Waals surface area (Å²) in [5.41, 5.74) is 1.58. The van der Waals surface area contributed by atoms with Gasteiger partial charge in [0, 0.05) is 11.7 Å². The number of nitrogens with zero attached hydrogens (tertiary/aromatic N) is 2. The number of rotatable bonds is 8. The van der Waals surface area contributed by atoms with Gasteiger partial charge in [0.05, 0.1) is 28.8 Å².